The molecule has 1 aliphatic rings. The van der Waals surface area contributed by atoms with Crippen LogP contribution < -0.4 is 10.6 Å². The fourth-order valence-electron chi connectivity index (χ4n) is 2.43. The molecule has 8 heteroatoms. The van der Waals surface area contributed by atoms with Crippen LogP contribution in [0, 0.1) is 11.6 Å². The van der Waals surface area contributed by atoms with E-state index in [2.05, 4.69) is 15.6 Å². The molecule has 1 aliphatic heterocycles. The first kappa shape index (κ1) is 22.0. The van der Waals surface area contributed by atoms with Gasteiger partial charge in [-0.15, -0.1) is 24.0 Å². The number of rotatable bonds is 8. The lowest BCUT2D eigenvalue weighted by atomic mass is 10.1. The van der Waals surface area contributed by atoms with Gasteiger partial charge in [0.1, 0.15) is 11.6 Å². The molecule has 0 saturated carbocycles. The second-order valence-corrected chi connectivity index (χ2v) is 5.62. The molecule has 1 saturated heterocycles. The largest absolute Gasteiger partial charge is 0.379 e. The van der Waals surface area contributed by atoms with E-state index in [4.69, 9.17) is 9.47 Å². The molecule has 1 atom stereocenters. The monoisotopic (exact) mass is 469 g/mol. The Hall–Kier alpha value is -1.00. The summed E-state index contributed by atoms with van der Waals surface area (Å²) in [5, 5.41) is 6.29. The summed E-state index contributed by atoms with van der Waals surface area (Å²) in [6.07, 6.45) is 2.52. The third-order valence-corrected chi connectivity index (χ3v) is 3.78. The van der Waals surface area contributed by atoms with Gasteiger partial charge < -0.3 is 20.1 Å². The molecule has 0 aromatic heterocycles. The van der Waals surface area contributed by atoms with Gasteiger partial charge in [0.15, 0.2) is 5.96 Å². The minimum atomic E-state index is -0.562. The molecule has 2 N–H and O–H groups in total. The molecule has 1 unspecified atom stereocenters. The third kappa shape index (κ3) is 8.28. The van der Waals surface area contributed by atoms with Gasteiger partial charge in [-0.1, -0.05) is 6.07 Å². The Morgan fingerprint density at radius 3 is 2.80 bits per heavy atom. The van der Waals surface area contributed by atoms with Crippen molar-refractivity contribution in [3.05, 3.63) is 35.4 Å². The van der Waals surface area contributed by atoms with E-state index in [-0.39, 0.29) is 30.1 Å². The fraction of sp³-hybridized carbons (Fsp3) is 0.588. The predicted molar refractivity (Wildman–Crippen MR) is 105 cm³/mol. The molecule has 1 fully saturated rings. The molecular weight excluding hydrogens is 443 g/mol. The lowest BCUT2D eigenvalue weighted by Gasteiger charge is -2.13. The van der Waals surface area contributed by atoms with Crippen molar-refractivity contribution in [1.29, 1.82) is 0 Å². The Kier molecular flexibility index (Phi) is 10.9. The number of guanidine groups is 1. The van der Waals surface area contributed by atoms with Crippen molar-refractivity contribution >= 4 is 29.9 Å². The molecule has 1 aromatic rings. The van der Waals surface area contributed by atoms with E-state index in [0.717, 1.165) is 32.1 Å². The highest BCUT2D eigenvalue weighted by molar-refractivity contribution is 14.0. The van der Waals surface area contributed by atoms with Crippen molar-refractivity contribution in [3.8, 4) is 0 Å². The van der Waals surface area contributed by atoms with Crippen LogP contribution in [-0.4, -0.2) is 52.0 Å². The number of nitrogens with zero attached hydrogens (tertiary/aromatic N) is 1. The van der Waals surface area contributed by atoms with Crippen molar-refractivity contribution in [1.82, 2.24) is 10.6 Å². The normalized spacial score (nSPS) is 17.2. The molecule has 2 rings (SSSR count). The van der Waals surface area contributed by atoms with Crippen LogP contribution in [0.4, 0.5) is 8.78 Å². The Bertz CT molecular complexity index is 541. The Labute approximate surface area is 164 Å². The zero-order valence-electron chi connectivity index (χ0n) is 14.4. The van der Waals surface area contributed by atoms with Crippen LogP contribution in [-0.2, 0) is 15.9 Å². The molecule has 1 heterocycles. The van der Waals surface area contributed by atoms with Gasteiger partial charge in [-0.2, -0.15) is 0 Å². The number of nitrogens with one attached hydrogen (secondary N) is 2. The van der Waals surface area contributed by atoms with Crippen LogP contribution in [0.2, 0.25) is 0 Å². The summed E-state index contributed by atoms with van der Waals surface area (Å²) in [5.41, 5.74) is 0.478. The summed E-state index contributed by atoms with van der Waals surface area (Å²) in [6, 6.07) is 3.63. The minimum Gasteiger partial charge on any atom is -0.379 e. The molecule has 0 radical (unpaired) electrons. The number of hydrogen-bond acceptors (Lipinski definition) is 3. The highest BCUT2D eigenvalue weighted by atomic mass is 127. The second-order valence-electron chi connectivity index (χ2n) is 5.62. The maximum absolute atomic E-state index is 13.5. The zero-order chi connectivity index (χ0) is 17.2. The smallest absolute Gasteiger partial charge is 0.190 e. The molecule has 0 bridgehead atoms. The van der Waals surface area contributed by atoms with E-state index in [1.807, 2.05) is 0 Å². The topological polar surface area (TPSA) is 54.9 Å². The van der Waals surface area contributed by atoms with E-state index < -0.39 is 11.6 Å². The summed E-state index contributed by atoms with van der Waals surface area (Å²) >= 11 is 0. The van der Waals surface area contributed by atoms with Crippen LogP contribution in [0.15, 0.2) is 23.2 Å². The standard InChI is InChI=1S/C17H25F2N3O2.HI/c1-20-17(21-7-2-9-24-15-6-10-23-12-15)22-8-5-13-3-4-14(18)11-16(13)19;/h3-4,11,15H,2,5-10,12H2,1H3,(H2,20,21,22);1H. The van der Waals surface area contributed by atoms with Crippen LogP contribution in [0.1, 0.15) is 18.4 Å². The summed E-state index contributed by atoms with van der Waals surface area (Å²) in [5.74, 6) is -0.428. The first-order valence-corrected chi connectivity index (χ1v) is 8.27. The van der Waals surface area contributed by atoms with E-state index in [0.29, 0.717) is 37.7 Å². The van der Waals surface area contributed by atoms with Crippen molar-refractivity contribution in [2.24, 2.45) is 4.99 Å². The van der Waals surface area contributed by atoms with Crippen molar-refractivity contribution in [2.45, 2.75) is 25.4 Å². The van der Waals surface area contributed by atoms with Gasteiger partial charge in [-0.05, 0) is 30.9 Å². The highest BCUT2D eigenvalue weighted by Crippen LogP contribution is 2.09. The van der Waals surface area contributed by atoms with E-state index in [1.54, 1.807) is 7.05 Å². The maximum atomic E-state index is 13.5. The van der Waals surface area contributed by atoms with Gasteiger partial charge in [-0.3, -0.25) is 4.99 Å². The molecule has 25 heavy (non-hydrogen) atoms. The average molecular weight is 469 g/mol. The number of halogens is 3. The van der Waals surface area contributed by atoms with Crippen molar-refractivity contribution in [2.75, 3.05) is 40.0 Å². The molecule has 1 aromatic carbocycles. The summed E-state index contributed by atoms with van der Waals surface area (Å²) in [4.78, 5) is 4.11. The quantitative estimate of drug-likeness (QED) is 0.266. The van der Waals surface area contributed by atoms with Gasteiger partial charge >= 0.3 is 0 Å². The average Bonchev–Trinajstić information content (AvgIpc) is 3.08. The lowest BCUT2D eigenvalue weighted by molar-refractivity contribution is 0.0420. The Morgan fingerprint density at radius 2 is 2.12 bits per heavy atom. The number of hydrogen-bond donors (Lipinski definition) is 2. The molecule has 0 amide bonds. The first-order chi connectivity index (χ1) is 11.7. The Balaban J connectivity index is 0.00000312. The van der Waals surface area contributed by atoms with E-state index >= 15 is 0 Å². The molecule has 0 aliphatic carbocycles. The summed E-state index contributed by atoms with van der Waals surface area (Å²) < 4.78 is 37.3. The van der Waals surface area contributed by atoms with E-state index in [1.165, 1.54) is 12.1 Å². The molecule has 0 spiro atoms. The van der Waals surface area contributed by atoms with Crippen LogP contribution in [0.25, 0.3) is 0 Å². The first-order valence-electron chi connectivity index (χ1n) is 8.27. The second kappa shape index (κ2) is 12.4. The van der Waals surface area contributed by atoms with Gasteiger partial charge in [-0.25, -0.2) is 8.78 Å². The van der Waals surface area contributed by atoms with Crippen molar-refractivity contribution in [3.63, 3.8) is 0 Å². The third-order valence-electron chi connectivity index (χ3n) is 3.78. The number of aliphatic imine (C=N–C) groups is 1. The predicted octanol–water partition coefficient (Wildman–Crippen LogP) is 2.49. The summed E-state index contributed by atoms with van der Waals surface area (Å²) in [7, 11) is 1.68. The van der Waals surface area contributed by atoms with Gasteiger partial charge in [0.2, 0.25) is 0 Å². The van der Waals surface area contributed by atoms with E-state index in [9.17, 15) is 8.78 Å². The lowest BCUT2D eigenvalue weighted by Crippen LogP contribution is -2.39. The van der Waals surface area contributed by atoms with Gasteiger partial charge in [0.25, 0.3) is 0 Å². The van der Waals surface area contributed by atoms with Crippen LogP contribution >= 0.6 is 24.0 Å². The SMILES string of the molecule is CN=C(NCCCOC1CCOC1)NCCc1ccc(F)cc1F.I. The van der Waals surface area contributed by atoms with Gasteiger partial charge in [0, 0.05) is 39.4 Å². The van der Waals surface area contributed by atoms with Gasteiger partial charge in [0.05, 0.1) is 12.7 Å². The fourth-order valence-corrected chi connectivity index (χ4v) is 2.43. The van der Waals surface area contributed by atoms with Crippen molar-refractivity contribution < 1.29 is 18.3 Å². The zero-order valence-corrected chi connectivity index (χ0v) is 16.7. The number of benzene rings is 1. The highest BCUT2D eigenvalue weighted by Gasteiger charge is 2.15. The summed E-state index contributed by atoms with van der Waals surface area (Å²) in [6.45, 7) is 3.40. The maximum Gasteiger partial charge on any atom is 0.190 e. The molecule has 142 valence electrons. The molecule has 5 nitrogen and oxygen atoms in total. The Morgan fingerprint density at radius 1 is 1.32 bits per heavy atom. The molecular formula is C17H26F2IN3O2. The van der Waals surface area contributed by atoms with Crippen LogP contribution in [0.3, 0.4) is 0 Å². The minimum absolute atomic E-state index is 0. The number of ether oxygens (including phenoxy) is 2. The van der Waals surface area contributed by atoms with Crippen LogP contribution in [0.5, 0.6) is 0 Å².